The highest BCUT2D eigenvalue weighted by Crippen LogP contribution is 2.33. The van der Waals surface area contributed by atoms with Crippen molar-refractivity contribution in [2.75, 3.05) is 0 Å². The normalized spacial score (nSPS) is 12.9. The average Bonchev–Trinajstić information content (AvgIpc) is 3.00. The Labute approximate surface area is 147 Å². The lowest BCUT2D eigenvalue weighted by molar-refractivity contribution is -0.143. The van der Waals surface area contributed by atoms with Gasteiger partial charge in [0.05, 0.1) is 6.04 Å². The zero-order valence-electron chi connectivity index (χ0n) is 14.0. The largest absolute Gasteiger partial charge is 0.431 e. The van der Waals surface area contributed by atoms with Crippen LogP contribution in [0.1, 0.15) is 30.6 Å². The van der Waals surface area contributed by atoms with E-state index in [-0.39, 0.29) is 30.6 Å². The molecule has 0 aromatic carbocycles. The lowest BCUT2D eigenvalue weighted by Gasteiger charge is -2.16. The fourth-order valence-corrected chi connectivity index (χ4v) is 2.81. The van der Waals surface area contributed by atoms with Crippen molar-refractivity contribution in [2.45, 2.75) is 32.1 Å². The molecule has 1 unspecified atom stereocenters. The number of hydrogen-bond donors (Lipinski definition) is 1. The molecule has 1 N–H and O–H groups in total. The highest BCUT2D eigenvalue weighted by molar-refractivity contribution is 5.79. The molecule has 1 atom stereocenters. The summed E-state index contributed by atoms with van der Waals surface area (Å²) in [6.07, 6.45) is 0.0708. The smallest absolute Gasteiger partial charge is 0.350 e. The number of rotatable bonds is 5. The van der Waals surface area contributed by atoms with Gasteiger partial charge in [0.1, 0.15) is 11.3 Å². The standard InChI is InChI=1S/C18H17F3N4O/c1-12(13-4-8-22-9-5-13)24-16(26)6-10-25-15(18(19,20)21)11-14-3-2-7-23-17(14)25/h2-5,7-9,11-12H,6,10H2,1H3,(H,24,26). The molecule has 0 saturated heterocycles. The van der Waals surface area contributed by atoms with Gasteiger partial charge in [-0.25, -0.2) is 4.98 Å². The number of carbonyl (C=O) groups is 1. The monoisotopic (exact) mass is 362 g/mol. The summed E-state index contributed by atoms with van der Waals surface area (Å²) in [4.78, 5) is 20.1. The summed E-state index contributed by atoms with van der Waals surface area (Å²) in [5.41, 5.74) is 0.286. The Morgan fingerprint density at radius 1 is 1.23 bits per heavy atom. The quantitative estimate of drug-likeness (QED) is 0.753. The Bertz CT molecular complexity index is 906. The lowest BCUT2D eigenvalue weighted by atomic mass is 10.1. The predicted molar refractivity (Wildman–Crippen MR) is 90.1 cm³/mol. The number of nitrogens with zero attached hydrogens (tertiary/aromatic N) is 3. The Hall–Kier alpha value is -2.90. The van der Waals surface area contributed by atoms with Gasteiger partial charge in [-0.1, -0.05) is 0 Å². The van der Waals surface area contributed by atoms with Gasteiger partial charge in [-0.15, -0.1) is 0 Å². The van der Waals surface area contributed by atoms with Gasteiger partial charge in [0.25, 0.3) is 0 Å². The maximum atomic E-state index is 13.3. The molecule has 8 heteroatoms. The molecule has 1 amide bonds. The molecule has 0 aliphatic carbocycles. The number of pyridine rings is 2. The molecular formula is C18H17F3N4O. The van der Waals surface area contributed by atoms with Crippen molar-refractivity contribution in [1.29, 1.82) is 0 Å². The lowest BCUT2D eigenvalue weighted by Crippen LogP contribution is -2.28. The van der Waals surface area contributed by atoms with E-state index in [0.717, 1.165) is 16.2 Å². The second-order valence-corrected chi connectivity index (χ2v) is 5.91. The van der Waals surface area contributed by atoms with Gasteiger partial charge in [0, 0.05) is 36.9 Å². The van der Waals surface area contributed by atoms with Gasteiger partial charge in [-0.05, 0) is 42.8 Å². The molecule has 0 fully saturated rings. The fraction of sp³-hybridized carbons (Fsp3) is 0.278. The van der Waals surface area contributed by atoms with Gasteiger partial charge < -0.3 is 9.88 Å². The number of aromatic nitrogens is 3. The van der Waals surface area contributed by atoms with Crippen LogP contribution in [0.2, 0.25) is 0 Å². The van der Waals surface area contributed by atoms with Crippen molar-refractivity contribution in [3.05, 3.63) is 60.2 Å². The summed E-state index contributed by atoms with van der Waals surface area (Å²) >= 11 is 0. The van der Waals surface area contributed by atoms with Crippen molar-refractivity contribution >= 4 is 16.9 Å². The maximum Gasteiger partial charge on any atom is 0.431 e. The second-order valence-electron chi connectivity index (χ2n) is 5.91. The van der Waals surface area contributed by atoms with E-state index in [1.807, 2.05) is 0 Å². The van der Waals surface area contributed by atoms with Crippen molar-refractivity contribution in [3.8, 4) is 0 Å². The van der Waals surface area contributed by atoms with E-state index in [1.54, 1.807) is 43.6 Å². The second kappa shape index (κ2) is 7.15. The topological polar surface area (TPSA) is 59.8 Å². The molecule has 0 aliphatic rings. The van der Waals surface area contributed by atoms with Crippen molar-refractivity contribution in [3.63, 3.8) is 0 Å². The van der Waals surface area contributed by atoms with E-state index in [4.69, 9.17) is 0 Å². The van der Waals surface area contributed by atoms with Gasteiger partial charge in [0.15, 0.2) is 0 Å². The minimum atomic E-state index is -4.51. The minimum absolute atomic E-state index is 0.0845. The number of aryl methyl sites for hydroxylation is 1. The van der Waals surface area contributed by atoms with E-state index >= 15 is 0 Å². The van der Waals surface area contributed by atoms with Crippen LogP contribution >= 0.6 is 0 Å². The van der Waals surface area contributed by atoms with Crippen molar-refractivity contribution in [1.82, 2.24) is 19.9 Å². The van der Waals surface area contributed by atoms with Crippen LogP contribution in [0.3, 0.4) is 0 Å². The zero-order valence-corrected chi connectivity index (χ0v) is 14.0. The first kappa shape index (κ1) is 17.9. The average molecular weight is 362 g/mol. The van der Waals surface area contributed by atoms with Crippen LogP contribution in [0.5, 0.6) is 0 Å². The van der Waals surface area contributed by atoms with E-state index in [1.165, 1.54) is 6.20 Å². The highest BCUT2D eigenvalue weighted by Gasteiger charge is 2.35. The number of carbonyl (C=O) groups excluding carboxylic acids is 1. The van der Waals surface area contributed by atoms with Crippen LogP contribution in [-0.2, 0) is 17.5 Å². The summed E-state index contributed by atoms with van der Waals surface area (Å²) in [6, 6.07) is 7.49. The summed E-state index contributed by atoms with van der Waals surface area (Å²) in [5, 5.41) is 3.18. The molecule has 0 bridgehead atoms. The first-order valence-electron chi connectivity index (χ1n) is 8.07. The number of amides is 1. The zero-order chi connectivity index (χ0) is 18.7. The van der Waals surface area contributed by atoms with Gasteiger partial charge in [0.2, 0.25) is 5.91 Å². The highest BCUT2D eigenvalue weighted by atomic mass is 19.4. The molecule has 0 aliphatic heterocycles. The van der Waals surface area contributed by atoms with Crippen LogP contribution in [0.15, 0.2) is 48.9 Å². The molecule has 5 nitrogen and oxygen atoms in total. The van der Waals surface area contributed by atoms with Crippen LogP contribution in [0.4, 0.5) is 13.2 Å². The maximum absolute atomic E-state index is 13.3. The third-order valence-electron chi connectivity index (χ3n) is 4.09. The van der Waals surface area contributed by atoms with Crippen molar-refractivity contribution in [2.24, 2.45) is 0 Å². The molecule has 0 spiro atoms. The Balaban J connectivity index is 1.74. The molecule has 0 saturated carbocycles. The van der Waals surface area contributed by atoms with Gasteiger partial charge >= 0.3 is 6.18 Å². The number of halogens is 3. The van der Waals surface area contributed by atoms with E-state index in [9.17, 15) is 18.0 Å². The van der Waals surface area contributed by atoms with Crippen LogP contribution in [-0.4, -0.2) is 20.4 Å². The third-order valence-corrected chi connectivity index (χ3v) is 4.09. The van der Waals surface area contributed by atoms with Gasteiger partial charge in [-0.2, -0.15) is 13.2 Å². The summed E-state index contributed by atoms with van der Waals surface area (Å²) in [6.45, 7) is 1.70. The van der Waals surface area contributed by atoms with Gasteiger partial charge in [-0.3, -0.25) is 9.78 Å². The first-order valence-corrected chi connectivity index (χ1v) is 8.07. The molecule has 3 aromatic heterocycles. The number of fused-ring (bicyclic) bond motifs is 1. The van der Waals surface area contributed by atoms with Crippen LogP contribution < -0.4 is 5.32 Å². The number of hydrogen-bond acceptors (Lipinski definition) is 3. The first-order chi connectivity index (χ1) is 12.4. The fourth-order valence-electron chi connectivity index (χ4n) is 2.81. The summed E-state index contributed by atoms with van der Waals surface area (Å²) < 4.78 is 40.9. The van der Waals surface area contributed by atoms with E-state index < -0.39 is 11.9 Å². The summed E-state index contributed by atoms with van der Waals surface area (Å²) in [5.74, 6) is -0.333. The van der Waals surface area contributed by atoms with Crippen LogP contribution in [0.25, 0.3) is 11.0 Å². The molecule has 26 heavy (non-hydrogen) atoms. The molecule has 0 radical (unpaired) electrons. The number of alkyl halides is 3. The molecule has 136 valence electrons. The Morgan fingerprint density at radius 3 is 2.65 bits per heavy atom. The molecule has 3 rings (SSSR count). The number of nitrogens with one attached hydrogen (secondary N) is 1. The van der Waals surface area contributed by atoms with Crippen molar-refractivity contribution < 1.29 is 18.0 Å². The van der Waals surface area contributed by atoms with E-state index in [0.29, 0.717) is 5.39 Å². The minimum Gasteiger partial charge on any atom is -0.350 e. The molecule has 3 aromatic rings. The van der Waals surface area contributed by atoms with E-state index in [2.05, 4.69) is 15.3 Å². The summed E-state index contributed by atoms with van der Waals surface area (Å²) in [7, 11) is 0. The Morgan fingerprint density at radius 2 is 1.96 bits per heavy atom. The molecule has 3 heterocycles. The Kier molecular flexibility index (Phi) is 4.92. The SMILES string of the molecule is CC(NC(=O)CCn1c(C(F)(F)F)cc2cccnc21)c1ccncc1. The third kappa shape index (κ3) is 3.84. The molecular weight excluding hydrogens is 345 g/mol. The predicted octanol–water partition coefficient (Wildman–Crippen LogP) is 3.72. The van der Waals surface area contributed by atoms with Crippen LogP contribution in [0, 0.1) is 0 Å².